The van der Waals surface area contributed by atoms with Gasteiger partial charge in [-0.05, 0) is 121 Å². The van der Waals surface area contributed by atoms with E-state index in [9.17, 15) is 0 Å². The second-order valence-electron chi connectivity index (χ2n) is 18.1. The lowest BCUT2D eigenvalue weighted by atomic mass is 9.93. The van der Waals surface area contributed by atoms with Crippen LogP contribution in [0, 0.1) is 0 Å². The van der Waals surface area contributed by atoms with E-state index < -0.39 is 0 Å². The van der Waals surface area contributed by atoms with E-state index in [1.165, 1.54) is 86.4 Å². The Morgan fingerprint density at radius 2 is 0.824 bits per heavy atom. The second kappa shape index (κ2) is 14.2. The van der Waals surface area contributed by atoms with Crippen molar-refractivity contribution in [1.82, 2.24) is 19.1 Å². The molecule has 3 aromatic heterocycles. The van der Waals surface area contributed by atoms with Gasteiger partial charge in [0.2, 0.25) is 0 Å². The highest BCUT2D eigenvalue weighted by atomic mass is 15.0. The Hall–Kier alpha value is -9.12. The summed E-state index contributed by atoms with van der Waals surface area (Å²) in [6, 6.07) is 84.0. The molecule has 0 fully saturated rings. The van der Waals surface area contributed by atoms with Crippen molar-refractivity contribution in [3.8, 4) is 34.0 Å². The second-order valence-corrected chi connectivity index (χ2v) is 18.1. The summed E-state index contributed by atoms with van der Waals surface area (Å²) in [4.78, 5) is 10.7. The third-order valence-electron chi connectivity index (χ3n) is 14.4. The summed E-state index contributed by atoms with van der Waals surface area (Å²) < 4.78 is 4.94. The molecule has 68 heavy (non-hydrogen) atoms. The zero-order valence-corrected chi connectivity index (χ0v) is 36.7. The Labute approximate surface area is 390 Å². The van der Waals surface area contributed by atoms with Crippen molar-refractivity contribution in [2.45, 2.75) is 0 Å². The molecule has 314 valence electrons. The molecule has 15 rings (SSSR count). The quantitative estimate of drug-likeness (QED) is 0.165. The average Bonchev–Trinajstić information content (AvgIpc) is 3.90. The van der Waals surface area contributed by atoms with Crippen LogP contribution in [0.4, 0.5) is 0 Å². The third kappa shape index (κ3) is 5.37. The van der Waals surface area contributed by atoms with E-state index in [1.807, 2.05) is 0 Å². The monoisotopic (exact) mass is 862 g/mol. The van der Waals surface area contributed by atoms with Gasteiger partial charge in [-0.25, -0.2) is 9.97 Å². The highest BCUT2D eigenvalue weighted by Crippen LogP contribution is 2.43. The van der Waals surface area contributed by atoms with Gasteiger partial charge in [0.25, 0.3) is 0 Å². The van der Waals surface area contributed by atoms with Gasteiger partial charge < -0.3 is 9.13 Å². The summed E-state index contributed by atoms with van der Waals surface area (Å²) >= 11 is 0. The van der Waals surface area contributed by atoms with Crippen molar-refractivity contribution < 1.29 is 0 Å². The molecule has 0 aliphatic heterocycles. The number of hydrogen-bond donors (Lipinski definition) is 0. The maximum atomic E-state index is 5.48. The van der Waals surface area contributed by atoms with Crippen molar-refractivity contribution in [3.63, 3.8) is 0 Å². The molecule has 15 aromatic rings. The molecular formula is C64H38N4. The van der Waals surface area contributed by atoms with E-state index in [4.69, 9.17) is 9.97 Å². The van der Waals surface area contributed by atoms with Gasteiger partial charge in [0.05, 0.1) is 39.0 Å². The summed E-state index contributed by atoms with van der Waals surface area (Å²) in [7, 11) is 0. The fraction of sp³-hybridized carbons (Fsp3) is 0. The number of benzene rings is 12. The molecule has 0 N–H and O–H groups in total. The first-order valence-corrected chi connectivity index (χ1v) is 23.3. The third-order valence-corrected chi connectivity index (χ3v) is 14.4. The zero-order chi connectivity index (χ0) is 44.5. The number of fused-ring (bicyclic) bond motifs is 15. The number of aromatic nitrogens is 4. The van der Waals surface area contributed by atoms with Crippen LogP contribution in [-0.2, 0) is 0 Å². The van der Waals surface area contributed by atoms with Gasteiger partial charge in [-0.15, -0.1) is 0 Å². The summed E-state index contributed by atoms with van der Waals surface area (Å²) in [6.45, 7) is 0. The predicted molar refractivity (Wildman–Crippen MR) is 287 cm³/mol. The van der Waals surface area contributed by atoms with Crippen molar-refractivity contribution in [3.05, 3.63) is 231 Å². The number of hydrogen-bond acceptors (Lipinski definition) is 2. The Balaban J connectivity index is 0.966. The summed E-state index contributed by atoms with van der Waals surface area (Å²) in [6.07, 6.45) is 0. The lowest BCUT2D eigenvalue weighted by molar-refractivity contribution is 1.17. The first-order chi connectivity index (χ1) is 33.7. The standard InChI is InChI=1S/C64H38N4/c1-3-17-41-37-60-54(34-39(41)15-1)51-25-10-12-28-57(51)68(60)59-30-14-29-58-62(59)55-35-40-16-2-4-18-42(40)38-61(55)67(58)45-20-13-19-43(33-45)63-52-26-9-11-27-56(52)65-64(66-63)44-31-32-50-48-23-6-5-21-46(48)47-22-7-8-24-49(47)53(50)36-44/h1-38H. The average molecular weight is 863 g/mol. The molecule has 0 bridgehead atoms. The van der Waals surface area contributed by atoms with Gasteiger partial charge in [-0.3, -0.25) is 0 Å². The van der Waals surface area contributed by atoms with E-state index in [-0.39, 0.29) is 0 Å². The molecule has 12 aromatic carbocycles. The van der Waals surface area contributed by atoms with Crippen LogP contribution in [0.5, 0.6) is 0 Å². The molecule has 4 heteroatoms. The fourth-order valence-corrected chi connectivity index (χ4v) is 11.4. The highest BCUT2D eigenvalue weighted by molar-refractivity contribution is 6.26. The van der Waals surface area contributed by atoms with Crippen LogP contribution in [0.1, 0.15) is 0 Å². The van der Waals surface area contributed by atoms with Crippen molar-refractivity contribution >= 4 is 108 Å². The van der Waals surface area contributed by atoms with E-state index in [0.29, 0.717) is 5.82 Å². The Kier molecular flexibility index (Phi) is 7.75. The summed E-state index contributed by atoms with van der Waals surface area (Å²) in [5.41, 5.74) is 10.7. The van der Waals surface area contributed by atoms with Crippen molar-refractivity contribution in [2.75, 3.05) is 0 Å². The van der Waals surface area contributed by atoms with Crippen LogP contribution < -0.4 is 0 Å². The number of rotatable bonds is 4. The predicted octanol–water partition coefficient (Wildman–Crippen LogP) is 16.9. The first kappa shape index (κ1) is 37.1. The summed E-state index contributed by atoms with van der Waals surface area (Å²) in [5.74, 6) is 0.704. The summed E-state index contributed by atoms with van der Waals surface area (Å²) in [5, 5.41) is 18.2. The molecule has 0 spiro atoms. The maximum absolute atomic E-state index is 5.48. The van der Waals surface area contributed by atoms with Crippen LogP contribution >= 0.6 is 0 Å². The topological polar surface area (TPSA) is 35.6 Å². The molecule has 0 saturated carbocycles. The Bertz CT molecular complexity index is 4590. The molecule has 0 aliphatic rings. The fourth-order valence-electron chi connectivity index (χ4n) is 11.4. The SMILES string of the molecule is c1cc(-c2nc(-c3ccc4c5ccccc5c5ccccc5c4c3)nc3ccccc23)cc(-n2c3cc4ccccc4cc3c3c(-n4c5ccccc5c5cc6ccccc6cc54)cccc32)c1. The van der Waals surface area contributed by atoms with E-state index >= 15 is 0 Å². The van der Waals surface area contributed by atoms with Gasteiger partial charge in [0, 0.05) is 43.7 Å². The lowest BCUT2D eigenvalue weighted by Crippen LogP contribution is -1.98. The molecule has 0 unspecified atom stereocenters. The molecular weight excluding hydrogens is 825 g/mol. The molecule has 0 aliphatic carbocycles. The van der Waals surface area contributed by atoms with Crippen LogP contribution in [-0.4, -0.2) is 19.1 Å². The van der Waals surface area contributed by atoms with Crippen LogP contribution in [0.3, 0.4) is 0 Å². The molecule has 0 atom stereocenters. The largest absolute Gasteiger partial charge is 0.309 e. The van der Waals surface area contributed by atoms with E-state index in [2.05, 4.69) is 240 Å². The number of nitrogens with zero attached hydrogens (tertiary/aromatic N) is 4. The van der Waals surface area contributed by atoms with Gasteiger partial charge in [-0.1, -0.05) is 164 Å². The molecule has 4 nitrogen and oxygen atoms in total. The molecule has 0 saturated heterocycles. The highest BCUT2D eigenvalue weighted by Gasteiger charge is 2.22. The van der Waals surface area contributed by atoms with Crippen molar-refractivity contribution in [1.29, 1.82) is 0 Å². The maximum Gasteiger partial charge on any atom is 0.160 e. The van der Waals surface area contributed by atoms with Crippen LogP contribution in [0.25, 0.3) is 142 Å². The Morgan fingerprint density at radius 1 is 0.279 bits per heavy atom. The van der Waals surface area contributed by atoms with Gasteiger partial charge >= 0.3 is 0 Å². The lowest BCUT2D eigenvalue weighted by Gasteiger charge is -2.14. The minimum absolute atomic E-state index is 0.704. The molecule has 0 amide bonds. The Morgan fingerprint density at radius 3 is 1.54 bits per heavy atom. The van der Waals surface area contributed by atoms with Gasteiger partial charge in [-0.2, -0.15) is 0 Å². The molecule has 0 radical (unpaired) electrons. The van der Waals surface area contributed by atoms with Crippen LogP contribution in [0.15, 0.2) is 231 Å². The van der Waals surface area contributed by atoms with Gasteiger partial charge in [0.1, 0.15) is 0 Å². The van der Waals surface area contributed by atoms with Gasteiger partial charge in [0.15, 0.2) is 5.82 Å². The van der Waals surface area contributed by atoms with Crippen molar-refractivity contribution in [2.24, 2.45) is 0 Å². The smallest absolute Gasteiger partial charge is 0.160 e. The normalized spacial score (nSPS) is 12.1. The van der Waals surface area contributed by atoms with E-state index in [1.54, 1.807) is 0 Å². The molecule has 3 heterocycles. The van der Waals surface area contributed by atoms with E-state index in [0.717, 1.165) is 50.1 Å². The number of para-hydroxylation sites is 2. The minimum Gasteiger partial charge on any atom is -0.309 e. The zero-order valence-electron chi connectivity index (χ0n) is 36.7. The minimum atomic E-state index is 0.704. The van der Waals surface area contributed by atoms with Crippen LogP contribution in [0.2, 0.25) is 0 Å². The first-order valence-electron chi connectivity index (χ1n) is 23.3.